The maximum atomic E-state index is 12.7. The SMILES string of the molecule is CC(=NN=C(N)N)c1ccc(NC(=O)Nc2ccc(C(C)=NN=C(N)N)c3ccccc23)cc1. The number of anilines is 2. The largest absolute Gasteiger partial charge is 0.369 e. The van der Waals surface area contributed by atoms with Crippen molar-refractivity contribution in [2.75, 3.05) is 10.6 Å². The number of hydrogen-bond acceptors (Lipinski definition) is 5. The lowest BCUT2D eigenvalue weighted by atomic mass is 10.00. The molecule has 34 heavy (non-hydrogen) atoms. The van der Waals surface area contributed by atoms with Crippen molar-refractivity contribution in [3.8, 4) is 0 Å². The van der Waals surface area contributed by atoms with Gasteiger partial charge in [-0.1, -0.05) is 42.5 Å². The number of urea groups is 1. The maximum Gasteiger partial charge on any atom is 0.323 e. The molecule has 0 spiro atoms. The molecule has 0 aliphatic heterocycles. The minimum absolute atomic E-state index is 0.119. The predicted octanol–water partition coefficient (Wildman–Crippen LogP) is 2.48. The molecule has 11 heteroatoms. The minimum Gasteiger partial charge on any atom is -0.369 e. The summed E-state index contributed by atoms with van der Waals surface area (Å²) >= 11 is 0. The van der Waals surface area contributed by atoms with E-state index in [-0.39, 0.29) is 18.0 Å². The lowest BCUT2D eigenvalue weighted by Gasteiger charge is -2.13. The van der Waals surface area contributed by atoms with E-state index < -0.39 is 0 Å². The zero-order valence-electron chi connectivity index (χ0n) is 18.8. The quantitative estimate of drug-likeness (QED) is 0.187. The van der Waals surface area contributed by atoms with Crippen molar-refractivity contribution >= 4 is 51.5 Å². The first kappa shape index (κ1) is 23.7. The maximum absolute atomic E-state index is 12.7. The predicted molar refractivity (Wildman–Crippen MR) is 139 cm³/mol. The van der Waals surface area contributed by atoms with Crippen LogP contribution in [0, 0.1) is 0 Å². The van der Waals surface area contributed by atoms with Gasteiger partial charge in [0.05, 0.1) is 17.1 Å². The molecule has 2 amide bonds. The van der Waals surface area contributed by atoms with E-state index in [0.717, 1.165) is 21.9 Å². The van der Waals surface area contributed by atoms with Gasteiger partial charge in [-0.25, -0.2) is 4.79 Å². The number of benzene rings is 3. The lowest BCUT2D eigenvalue weighted by Crippen LogP contribution is -2.22. The van der Waals surface area contributed by atoms with E-state index in [1.807, 2.05) is 30.3 Å². The standard InChI is InChI=1S/C23H26N10O/c1-13(30-32-21(24)25)15-7-9-16(10-8-15)28-23(34)29-20-12-11-17(14(2)31-33-22(26)27)18-5-3-4-6-19(18)20/h3-12H,1-2H3,(H4,24,25,32)(H4,26,27,33)(H2,28,29,34). The van der Waals surface area contributed by atoms with Gasteiger partial charge in [-0.05, 0) is 43.0 Å². The second-order valence-electron chi connectivity index (χ2n) is 7.28. The zero-order chi connectivity index (χ0) is 24.7. The van der Waals surface area contributed by atoms with Gasteiger partial charge in [0, 0.05) is 16.6 Å². The molecule has 0 fully saturated rings. The van der Waals surface area contributed by atoms with Crippen LogP contribution < -0.4 is 33.6 Å². The van der Waals surface area contributed by atoms with E-state index in [1.54, 1.807) is 44.2 Å². The molecule has 0 radical (unpaired) electrons. The van der Waals surface area contributed by atoms with Gasteiger partial charge >= 0.3 is 6.03 Å². The van der Waals surface area contributed by atoms with Crippen molar-refractivity contribution in [1.82, 2.24) is 0 Å². The number of nitrogens with one attached hydrogen (secondary N) is 2. The van der Waals surface area contributed by atoms with E-state index >= 15 is 0 Å². The Hall–Kier alpha value is -4.93. The van der Waals surface area contributed by atoms with Crippen molar-refractivity contribution < 1.29 is 4.79 Å². The number of carbonyl (C=O) groups excluding carboxylic acids is 1. The number of nitrogens with zero attached hydrogens (tertiary/aromatic N) is 4. The first-order chi connectivity index (χ1) is 16.2. The molecule has 10 N–H and O–H groups in total. The summed E-state index contributed by atoms with van der Waals surface area (Å²) in [6, 6.07) is 18.0. The highest BCUT2D eigenvalue weighted by atomic mass is 16.2. The summed E-state index contributed by atoms with van der Waals surface area (Å²) < 4.78 is 0. The van der Waals surface area contributed by atoms with Gasteiger partial charge in [0.2, 0.25) is 11.9 Å². The van der Waals surface area contributed by atoms with E-state index in [9.17, 15) is 4.79 Å². The first-order valence-corrected chi connectivity index (χ1v) is 10.2. The average molecular weight is 459 g/mol. The topological polar surface area (TPSA) is 195 Å². The molecule has 3 rings (SSSR count). The fraction of sp³-hybridized carbons (Fsp3) is 0.0870. The number of guanidine groups is 2. The van der Waals surface area contributed by atoms with Gasteiger partial charge in [-0.2, -0.15) is 10.2 Å². The number of amides is 2. The molecular formula is C23H26N10O. The van der Waals surface area contributed by atoms with Crippen LogP contribution in [-0.2, 0) is 0 Å². The molecule has 0 saturated carbocycles. The molecule has 0 aliphatic rings. The molecule has 0 saturated heterocycles. The zero-order valence-corrected chi connectivity index (χ0v) is 18.8. The van der Waals surface area contributed by atoms with Gasteiger partial charge < -0.3 is 33.6 Å². The Labute approximate surface area is 196 Å². The van der Waals surface area contributed by atoms with E-state index in [4.69, 9.17) is 22.9 Å². The van der Waals surface area contributed by atoms with E-state index in [2.05, 4.69) is 31.0 Å². The Morgan fingerprint density at radius 2 is 1.26 bits per heavy atom. The van der Waals surface area contributed by atoms with E-state index in [0.29, 0.717) is 22.8 Å². The van der Waals surface area contributed by atoms with Crippen LogP contribution in [0.25, 0.3) is 10.8 Å². The Bertz CT molecular complexity index is 1320. The third-order valence-electron chi connectivity index (χ3n) is 4.75. The number of rotatable bonds is 6. The highest BCUT2D eigenvalue weighted by molar-refractivity contribution is 6.14. The van der Waals surface area contributed by atoms with Gasteiger partial charge in [-0.15, -0.1) is 10.2 Å². The smallest absolute Gasteiger partial charge is 0.323 e. The van der Waals surface area contributed by atoms with Crippen LogP contribution in [0.2, 0.25) is 0 Å². The normalized spacial score (nSPS) is 11.6. The van der Waals surface area contributed by atoms with Gasteiger partial charge in [0.1, 0.15) is 0 Å². The summed E-state index contributed by atoms with van der Waals surface area (Å²) in [5.41, 5.74) is 25.5. The second-order valence-corrected chi connectivity index (χ2v) is 7.28. The van der Waals surface area contributed by atoms with E-state index in [1.165, 1.54) is 0 Å². The first-order valence-electron chi connectivity index (χ1n) is 10.2. The summed E-state index contributed by atoms with van der Waals surface area (Å²) in [5.74, 6) is -0.242. The van der Waals surface area contributed by atoms with Crippen LogP contribution in [0.1, 0.15) is 25.0 Å². The van der Waals surface area contributed by atoms with Crippen molar-refractivity contribution in [3.63, 3.8) is 0 Å². The Morgan fingerprint density at radius 3 is 1.88 bits per heavy atom. The van der Waals surface area contributed by atoms with Gasteiger partial charge in [0.15, 0.2) is 0 Å². The molecule has 0 aromatic heterocycles. The van der Waals surface area contributed by atoms with Crippen molar-refractivity contribution in [3.05, 3.63) is 71.8 Å². The molecule has 0 heterocycles. The summed E-state index contributed by atoms with van der Waals surface area (Å²) in [6.07, 6.45) is 0. The van der Waals surface area contributed by atoms with Crippen LogP contribution in [0.5, 0.6) is 0 Å². The lowest BCUT2D eigenvalue weighted by molar-refractivity contribution is 0.262. The highest BCUT2D eigenvalue weighted by Gasteiger charge is 2.11. The molecule has 3 aromatic rings. The summed E-state index contributed by atoms with van der Waals surface area (Å²) in [6.45, 7) is 3.58. The average Bonchev–Trinajstić information content (AvgIpc) is 2.81. The van der Waals surface area contributed by atoms with Gasteiger partial charge in [-0.3, -0.25) is 0 Å². The van der Waals surface area contributed by atoms with Crippen LogP contribution in [-0.4, -0.2) is 29.4 Å². The fourth-order valence-corrected chi connectivity index (χ4v) is 3.18. The summed E-state index contributed by atoms with van der Waals surface area (Å²) in [4.78, 5) is 12.7. The fourth-order valence-electron chi connectivity index (χ4n) is 3.18. The van der Waals surface area contributed by atoms with Gasteiger partial charge in [0.25, 0.3) is 0 Å². The van der Waals surface area contributed by atoms with Crippen LogP contribution in [0.15, 0.2) is 81.1 Å². The number of hydrogen-bond donors (Lipinski definition) is 6. The third-order valence-corrected chi connectivity index (χ3v) is 4.75. The monoisotopic (exact) mass is 458 g/mol. The van der Waals surface area contributed by atoms with Crippen molar-refractivity contribution in [2.24, 2.45) is 43.3 Å². The molecule has 3 aromatic carbocycles. The Balaban J connectivity index is 1.78. The molecule has 0 unspecified atom stereocenters. The van der Waals surface area contributed by atoms with Crippen LogP contribution in [0.4, 0.5) is 16.2 Å². The molecule has 0 aliphatic carbocycles. The minimum atomic E-state index is -0.387. The number of carbonyl (C=O) groups is 1. The Morgan fingerprint density at radius 1 is 0.676 bits per heavy atom. The number of fused-ring (bicyclic) bond motifs is 1. The molecular weight excluding hydrogens is 432 g/mol. The Kier molecular flexibility index (Phi) is 7.39. The van der Waals surface area contributed by atoms with Crippen molar-refractivity contribution in [1.29, 1.82) is 0 Å². The highest BCUT2D eigenvalue weighted by Crippen LogP contribution is 2.27. The molecule has 0 bridgehead atoms. The number of nitrogens with two attached hydrogens (primary N) is 4. The molecule has 0 atom stereocenters. The van der Waals surface area contributed by atoms with Crippen molar-refractivity contribution in [2.45, 2.75) is 13.8 Å². The molecule has 11 nitrogen and oxygen atoms in total. The third kappa shape index (κ3) is 6.07. The second kappa shape index (κ2) is 10.6. The summed E-state index contributed by atoms with van der Waals surface area (Å²) in [5, 5.41) is 22.8. The van der Waals surface area contributed by atoms with Crippen LogP contribution in [0.3, 0.4) is 0 Å². The summed E-state index contributed by atoms with van der Waals surface area (Å²) in [7, 11) is 0. The van der Waals surface area contributed by atoms with Crippen LogP contribution >= 0.6 is 0 Å². The molecule has 174 valence electrons.